The van der Waals surface area contributed by atoms with Gasteiger partial charge < -0.3 is 14.2 Å². The lowest BCUT2D eigenvalue weighted by Crippen LogP contribution is -2.54. The maximum atomic E-state index is 12.7. The lowest BCUT2D eigenvalue weighted by Gasteiger charge is -2.43. The Bertz CT molecular complexity index is 646. The number of ether oxygens (including phenoxy) is 3. The fourth-order valence-corrected chi connectivity index (χ4v) is 3.63. The summed E-state index contributed by atoms with van der Waals surface area (Å²) < 4.78 is 15.4. The zero-order valence-electron chi connectivity index (χ0n) is 15.7. The topological polar surface area (TPSA) is 78.9 Å². The number of hydrogen-bond acceptors (Lipinski definition) is 6. The molecule has 0 spiro atoms. The third kappa shape index (κ3) is 4.06. The minimum Gasteiger partial charge on any atom is -0.469 e. The smallest absolute Gasteiger partial charge is 0.324 e. The number of carbonyl (C=O) groups excluding carboxylic acids is 3. The second-order valence-corrected chi connectivity index (χ2v) is 6.98. The molecular weight excluding hydrogens is 336 g/mol. The van der Waals surface area contributed by atoms with Gasteiger partial charge in [0.15, 0.2) is 5.92 Å². The highest BCUT2D eigenvalue weighted by Gasteiger charge is 2.54. The number of benzene rings is 1. The number of methoxy groups -OCH3 is 1. The van der Waals surface area contributed by atoms with Gasteiger partial charge in [0.25, 0.3) is 5.79 Å². The Balaban J connectivity index is 2.41. The van der Waals surface area contributed by atoms with Crippen molar-refractivity contribution in [3.05, 3.63) is 35.9 Å². The van der Waals surface area contributed by atoms with E-state index in [1.54, 1.807) is 0 Å². The normalized spacial score (nSPS) is 19.2. The Morgan fingerprint density at radius 1 is 1.15 bits per heavy atom. The molecule has 1 aromatic carbocycles. The minimum absolute atomic E-state index is 0.216. The van der Waals surface area contributed by atoms with E-state index < -0.39 is 29.1 Å². The molecule has 0 unspecified atom stereocenters. The van der Waals surface area contributed by atoms with Crippen LogP contribution in [0.15, 0.2) is 30.3 Å². The molecule has 0 aromatic heterocycles. The van der Waals surface area contributed by atoms with Crippen molar-refractivity contribution in [3.8, 4) is 0 Å². The van der Waals surface area contributed by atoms with Gasteiger partial charge in [-0.1, -0.05) is 37.3 Å². The third-order valence-corrected chi connectivity index (χ3v) is 4.93. The maximum absolute atomic E-state index is 12.7. The van der Waals surface area contributed by atoms with E-state index in [9.17, 15) is 14.4 Å². The van der Waals surface area contributed by atoms with E-state index >= 15 is 0 Å². The zero-order valence-corrected chi connectivity index (χ0v) is 15.7. The molecule has 0 radical (unpaired) electrons. The van der Waals surface area contributed by atoms with Crippen molar-refractivity contribution in [2.24, 2.45) is 5.92 Å². The van der Waals surface area contributed by atoms with E-state index in [1.807, 2.05) is 37.3 Å². The number of hydrogen-bond donors (Lipinski definition) is 0. The van der Waals surface area contributed by atoms with Gasteiger partial charge >= 0.3 is 17.9 Å². The quantitative estimate of drug-likeness (QED) is 0.548. The summed E-state index contributed by atoms with van der Waals surface area (Å²) in [4.78, 5) is 37.0. The first kappa shape index (κ1) is 19.9. The highest BCUT2D eigenvalue weighted by Crippen LogP contribution is 2.44. The summed E-state index contributed by atoms with van der Waals surface area (Å²) in [5, 5.41) is 0. The van der Waals surface area contributed by atoms with Crippen molar-refractivity contribution in [1.82, 2.24) is 0 Å². The summed E-state index contributed by atoms with van der Waals surface area (Å²) >= 11 is 0. The maximum Gasteiger partial charge on any atom is 0.324 e. The van der Waals surface area contributed by atoms with Gasteiger partial charge in [-0.05, 0) is 24.8 Å². The zero-order chi connectivity index (χ0) is 19.4. The van der Waals surface area contributed by atoms with Crippen LogP contribution in [0.3, 0.4) is 0 Å². The Morgan fingerprint density at radius 3 is 2.23 bits per heavy atom. The summed E-state index contributed by atoms with van der Waals surface area (Å²) in [5.41, 5.74) is 0.0471. The summed E-state index contributed by atoms with van der Waals surface area (Å²) in [7, 11) is 1.34. The monoisotopic (exact) mass is 362 g/mol. The highest BCUT2D eigenvalue weighted by molar-refractivity contribution is 5.98. The molecule has 1 aromatic rings. The van der Waals surface area contributed by atoms with Crippen LogP contribution in [0.1, 0.15) is 52.0 Å². The van der Waals surface area contributed by atoms with E-state index in [-0.39, 0.29) is 12.4 Å². The van der Waals surface area contributed by atoms with Crippen molar-refractivity contribution in [1.29, 1.82) is 0 Å². The van der Waals surface area contributed by atoms with Crippen molar-refractivity contribution in [3.63, 3.8) is 0 Å². The second kappa shape index (κ2) is 7.89. The first-order chi connectivity index (χ1) is 12.3. The molecule has 26 heavy (non-hydrogen) atoms. The molecule has 0 bridgehead atoms. The standard InChI is InChI=1S/C20H26O6/c1-5-20(13-9-12-15(21)24-4,14-10-7-6-8-11-14)16-17(22)25-19(2,3)26-18(16)23/h6-8,10-11,16H,5,9,12-13H2,1-4H3/t20-/m1/s1. The molecule has 142 valence electrons. The van der Waals surface area contributed by atoms with Gasteiger partial charge in [-0.2, -0.15) is 0 Å². The van der Waals surface area contributed by atoms with Crippen molar-refractivity contribution < 1.29 is 28.6 Å². The number of rotatable bonds is 7. The summed E-state index contributed by atoms with van der Waals surface area (Å²) in [5.74, 6) is -3.84. The first-order valence-electron chi connectivity index (χ1n) is 8.84. The van der Waals surface area contributed by atoms with E-state index in [2.05, 4.69) is 0 Å². The van der Waals surface area contributed by atoms with Crippen LogP contribution in [0.5, 0.6) is 0 Å². The van der Waals surface area contributed by atoms with Crippen molar-refractivity contribution in [2.45, 2.75) is 57.7 Å². The van der Waals surface area contributed by atoms with Gasteiger partial charge in [0, 0.05) is 25.7 Å². The average molecular weight is 362 g/mol. The fourth-order valence-electron chi connectivity index (χ4n) is 3.63. The number of carbonyl (C=O) groups is 3. The number of esters is 3. The van der Waals surface area contributed by atoms with Crippen LogP contribution in [-0.4, -0.2) is 30.8 Å². The van der Waals surface area contributed by atoms with Crippen LogP contribution < -0.4 is 0 Å². The molecule has 0 amide bonds. The van der Waals surface area contributed by atoms with Crippen LogP contribution in [0.4, 0.5) is 0 Å². The molecule has 1 fully saturated rings. The van der Waals surface area contributed by atoms with Crippen molar-refractivity contribution in [2.75, 3.05) is 7.11 Å². The Labute approximate surface area is 153 Å². The molecule has 0 aliphatic carbocycles. The van der Waals surface area contributed by atoms with Gasteiger partial charge in [0.2, 0.25) is 0 Å². The van der Waals surface area contributed by atoms with Crippen LogP contribution in [0.25, 0.3) is 0 Å². The largest absolute Gasteiger partial charge is 0.469 e. The number of cyclic esters (lactones) is 2. The summed E-state index contributed by atoms with van der Waals surface area (Å²) in [6, 6.07) is 9.38. The van der Waals surface area contributed by atoms with Crippen LogP contribution >= 0.6 is 0 Å². The molecule has 0 saturated carbocycles. The SMILES string of the molecule is CC[C@@](CCCC(=O)OC)(c1ccccc1)C1C(=O)OC(C)(C)OC1=O. The van der Waals surface area contributed by atoms with Gasteiger partial charge in [0.05, 0.1) is 7.11 Å². The second-order valence-electron chi connectivity index (χ2n) is 6.98. The third-order valence-electron chi connectivity index (χ3n) is 4.93. The summed E-state index contributed by atoms with van der Waals surface area (Å²) in [6.07, 6.45) is 1.68. The molecule has 1 atom stereocenters. The molecule has 1 heterocycles. The van der Waals surface area contributed by atoms with E-state index in [4.69, 9.17) is 14.2 Å². The molecule has 1 saturated heterocycles. The van der Waals surface area contributed by atoms with E-state index in [0.29, 0.717) is 19.3 Å². The summed E-state index contributed by atoms with van der Waals surface area (Å²) in [6.45, 7) is 4.99. The molecule has 6 heteroatoms. The van der Waals surface area contributed by atoms with Crippen LogP contribution in [-0.2, 0) is 34.0 Å². The lowest BCUT2D eigenvalue weighted by atomic mass is 9.65. The molecule has 0 N–H and O–H groups in total. The van der Waals surface area contributed by atoms with E-state index in [1.165, 1.54) is 21.0 Å². The molecule has 1 aliphatic rings. The first-order valence-corrected chi connectivity index (χ1v) is 8.84. The van der Waals surface area contributed by atoms with Gasteiger partial charge in [-0.15, -0.1) is 0 Å². The lowest BCUT2D eigenvalue weighted by molar-refractivity contribution is -0.244. The molecular formula is C20H26O6. The minimum atomic E-state index is -1.27. The fraction of sp³-hybridized carbons (Fsp3) is 0.550. The van der Waals surface area contributed by atoms with Crippen LogP contribution in [0, 0.1) is 5.92 Å². The average Bonchev–Trinajstić information content (AvgIpc) is 2.59. The van der Waals surface area contributed by atoms with Gasteiger partial charge in [-0.25, -0.2) is 0 Å². The highest BCUT2D eigenvalue weighted by atomic mass is 16.7. The predicted molar refractivity (Wildman–Crippen MR) is 94.0 cm³/mol. The van der Waals surface area contributed by atoms with Crippen molar-refractivity contribution >= 4 is 17.9 Å². The Hall–Kier alpha value is -2.37. The predicted octanol–water partition coefficient (Wildman–Crippen LogP) is 3.13. The Morgan fingerprint density at radius 2 is 1.73 bits per heavy atom. The van der Waals surface area contributed by atoms with Gasteiger partial charge in [-0.3, -0.25) is 14.4 Å². The van der Waals surface area contributed by atoms with E-state index in [0.717, 1.165) is 5.56 Å². The molecule has 6 nitrogen and oxygen atoms in total. The molecule has 2 rings (SSSR count). The van der Waals surface area contributed by atoms with Gasteiger partial charge in [0.1, 0.15) is 0 Å². The Kier molecular flexibility index (Phi) is 6.05. The van der Waals surface area contributed by atoms with Crippen LogP contribution in [0.2, 0.25) is 0 Å². The molecule has 1 aliphatic heterocycles.